The number of hydrogen-bond donors (Lipinski definition) is 0. The van der Waals surface area contributed by atoms with Crippen LogP contribution in [0.4, 0.5) is 68.2 Å². The molecule has 30 rings (SSSR count). The maximum absolute atomic E-state index is 2.64. The topological polar surface area (TPSA) is 30.6 Å². The van der Waals surface area contributed by atoms with E-state index in [1.54, 1.807) is 0 Å². The van der Waals surface area contributed by atoms with E-state index < -0.39 is 16.1 Å². The van der Waals surface area contributed by atoms with Gasteiger partial charge in [0.2, 0.25) is 0 Å². The van der Waals surface area contributed by atoms with Gasteiger partial charge in [0, 0.05) is 177 Å². The van der Waals surface area contributed by atoms with Crippen LogP contribution in [0.1, 0.15) is 11.1 Å². The monoisotopic (exact) mass is 1950 g/mol. The number of aryl methyl sites for hydroxylation is 2. The molecule has 0 aliphatic heterocycles. The number of rotatable bonds is 18. The summed E-state index contributed by atoms with van der Waals surface area (Å²) in [6.45, 7) is 18.9. The van der Waals surface area contributed by atoms with Crippen molar-refractivity contribution in [2.75, 3.05) is 19.6 Å². The number of benzene rings is 22. The molecule has 0 amide bonds. The summed E-state index contributed by atoms with van der Waals surface area (Å²) < 4.78 is 10.5. The van der Waals surface area contributed by atoms with E-state index in [1.807, 2.05) is 0 Å². The SMILES string of the molecule is Cc1ccc(N(c2ccccc2)c2ccc3c4cccc5c6c(-c7ccccc7)c7c(c(-c8ccccc8)c6n(c3c2)c45)c2cccc3c4ccc(N(c5ccccc5)c5ccc([Si](C)(C)C)cc5)cc4n7c32)cc1.Cc1cccc(N(c2ccccc2)c2ccc3c4cccc5c6c(-c7ccccc7)c7c(c(-c8ccccc8)c6n(c3c2)c45)c2cccc3c4ccc(N(c5ccccc5)c5cccc([Si](C)(C)C)c5)cc4n7c32)c1. The Labute approximate surface area is 871 Å². The number of nitrogens with zero attached hydrogens (tertiary/aromatic N) is 8. The van der Waals surface area contributed by atoms with Gasteiger partial charge in [-0.3, -0.25) is 0 Å². The summed E-state index contributed by atoms with van der Waals surface area (Å²) in [7, 11) is -3.15. The van der Waals surface area contributed by atoms with Crippen molar-refractivity contribution in [3.63, 3.8) is 0 Å². The van der Waals surface area contributed by atoms with Crippen molar-refractivity contribution in [2.45, 2.75) is 53.1 Å². The first-order valence-corrected chi connectivity index (χ1v) is 59.4. The molecular formula is C140H104N8Si2. The van der Waals surface area contributed by atoms with Gasteiger partial charge in [-0.15, -0.1) is 0 Å². The van der Waals surface area contributed by atoms with Crippen molar-refractivity contribution in [3.05, 3.63) is 496 Å². The molecule has 150 heavy (non-hydrogen) atoms. The Balaban J connectivity index is 0.000000141. The fourth-order valence-electron chi connectivity index (χ4n) is 25.2. The zero-order chi connectivity index (χ0) is 100. The average Bonchev–Trinajstić information content (AvgIpc) is 1.50. The Hall–Kier alpha value is -18.3. The Morgan fingerprint density at radius 3 is 0.653 bits per heavy atom. The van der Waals surface area contributed by atoms with Gasteiger partial charge in [0.05, 0.1) is 82.3 Å². The molecule has 0 unspecified atom stereocenters. The average molecular weight is 1950 g/mol. The van der Waals surface area contributed by atoms with Crippen LogP contribution < -0.4 is 30.0 Å². The predicted molar refractivity (Wildman–Crippen MR) is 647 cm³/mol. The van der Waals surface area contributed by atoms with Gasteiger partial charge in [-0.25, -0.2) is 0 Å². The highest BCUT2D eigenvalue weighted by molar-refractivity contribution is 6.89. The molecule has 0 radical (unpaired) electrons. The second kappa shape index (κ2) is 34.1. The zero-order valence-corrected chi connectivity index (χ0v) is 86.8. The van der Waals surface area contributed by atoms with Crippen LogP contribution in [0.25, 0.3) is 197 Å². The largest absolute Gasteiger partial charge is 0.310 e. The molecule has 30 aromatic rings. The van der Waals surface area contributed by atoms with Crippen molar-refractivity contribution >= 4 is 247 Å². The molecule has 0 atom stereocenters. The van der Waals surface area contributed by atoms with E-state index >= 15 is 0 Å². The fourth-order valence-corrected chi connectivity index (χ4v) is 27.6. The Bertz CT molecular complexity index is 10500. The maximum atomic E-state index is 2.64. The third-order valence-electron chi connectivity index (χ3n) is 31.8. The van der Waals surface area contributed by atoms with Crippen molar-refractivity contribution < 1.29 is 0 Å². The van der Waals surface area contributed by atoms with Gasteiger partial charge in [0.25, 0.3) is 0 Å². The standard InChI is InChI=1S/2C70H52N4Si/c1-45-21-17-30-50(41-45)71(48-26-13-7-14-27-48)52-37-39-55-57-33-19-35-59-65-64(47-24-11-6-12-25-47)70-66(63(46-22-9-5-10-23-46)69(65)73(67(57)59)61(55)43-52)60-36-20-34-58-56-40-38-53(44-62(56)74(70)68(58)60)72(49-28-15-8-16-29-49)51-31-18-32-54(42-51)75(2,3)4;1-45-31-33-50(34-32-45)71(48-23-13-7-14-24-48)52-37-41-55-57-27-17-29-59-65-64(47-21-11-6-12-22-47)70-66(63(46-19-9-5-10-20-46)69(65)73(67(57)59)61(55)43-52)60-30-18-28-58-56-42-38-53(44-62(56)74(70)68(58)60)72(49-25-15-8-16-26-49)51-35-39-54(40-36-51)75(2,3)4/h2*5-44H,1-4H3. The van der Waals surface area contributed by atoms with Crippen LogP contribution in [0.2, 0.25) is 39.3 Å². The van der Waals surface area contributed by atoms with Crippen LogP contribution in [0, 0.1) is 13.8 Å². The van der Waals surface area contributed by atoms with E-state index in [2.05, 4.69) is 576 Å². The molecule has 712 valence electrons. The summed E-state index contributed by atoms with van der Waals surface area (Å²) in [5, 5.41) is 22.9. The molecule has 0 aliphatic rings. The van der Waals surface area contributed by atoms with Crippen LogP contribution in [0.3, 0.4) is 0 Å². The third kappa shape index (κ3) is 13.6. The lowest BCUT2D eigenvalue weighted by Crippen LogP contribution is -2.37. The first-order valence-electron chi connectivity index (χ1n) is 52.4. The highest BCUT2D eigenvalue weighted by atomic mass is 28.3. The number of aromatic nitrogens is 4. The van der Waals surface area contributed by atoms with E-state index in [4.69, 9.17) is 0 Å². The lowest BCUT2D eigenvalue weighted by molar-refractivity contribution is 1.27. The lowest BCUT2D eigenvalue weighted by Gasteiger charge is -2.27. The quantitative estimate of drug-likeness (QED) is 0.0801. The van der Waals surface area contributed by atoms with E-state index in [-0.39, 0.29) is 0 Å². The number of para-hydroxylation sites is 8. The van der Waals surface area contributed by atoms with Crippen LogP contribution in [-0.2, 0) is 0 Å². The summed E-state index contributed by atoms with van der Waals surface area (Å²) in [6.07, 6.45) is 0. The predicted octanol–water partition coefficient (Wildman–Crippen LogP) is 38.2. The van der Waals surface area contributed by atoms with Gasteiger partial charge in [0.15, 0.2) is 0 Å². The third-order valence-corrected chi connectivity index (χ3v) is 35.9. The molecule has 0 saturated carbocycles. The molecule has 10 heteroatoms. The van der Waals surface area contributed by atoms with Crippen molar-refractivity contribution in [1.82, 2.24) is 17.6 Å². The molecule has 8 nitrogen and oxygen atoms in total. The molecule has 0 fully saturated rings. The van der Waals surface area contributed by atoms with Crippen LogP contribution in [-0.4, -0.2) is 33.8 Å². The molecule has 8 aromatic heterocycles. The molecule has 0 saturated heterocycles. The van der Waals surface area contributed by atoms with Gasteiger partial charge in [-0.05, 0) is 187 Å². The first kappa shape index (κ1) is 88.2. The summed E-state index contributed by atoms with van der Waals surface area (Å²) in [4.78, 5) is 9.67. The molecule has 0 bridgehead atoms. The number of fused-ring (bicyclic) bond motifs is 24. The first-order chi connectivity index (χ1) is 73.6. The minimum atomic E-state index is -1.63. The van der Waals surface area contributed by atoms with Gasteiger partial charge in [-0.1, -0.05) is 395 Å². The molecule has 22 aromatic carbocycles. The van der Waals surface area contributed by atoms with Crippen LogP contribution >= 0.6 is 0 Å². The summed E-state index contributed by atoms with van der Waals surface area (Å²) in [6, 6.07) is 181. The summed E-state index contributed by atoms with van der Waals surface area (Å²) in [5.74, 6) is 0. The lowest BCUT2D eigenvalue weighted by atomic mass is 9.89. The van der Waals surface area contributed by atoms with Gasteiger partial charge < -0.3 is 37.2 Å². The fraction of sp³-hybridized carbons (Fsp3) is 0.0571. The Kier molecular flexibility index (Phi) is 20.1. The second-order valence-corrected chi connectivity index (χ2v) is 52.9. The van der Waals surface area contributed by atoms with E-state index in [0.717, 1.165) is 62.6 Å². The van der Waals surface area contributed by atoms with Crippen molar-refractivity contribution in [3.8, 4) is 44.5 Å². The minimum Gasteiger partial charge on any atom is -0.310 e. The van der Waals surface area contributed by atoms with E-state index in [9.17, 15) is 0 Å². The summed E-state index contributed by atoms with van der Waals surface area (Å²) in [5.41, 5.74) is 40.4. The van der Waals surface area contributed by atoms with Gasteiger partial charge in [-0.2, -0.15) is 0 Å². The zero-order valence-electron chi connectivity index (χ0n) is 84.8. The molecule has 0 aliphatic carbocycles. The normalized spacial score (nSPS) is 12.3. The highest BCUT2D eigenvalue weighted by Crippen LogP contribution is 2.59. The van der Waals surface area contributed by atoms with Gasteiger partial charge >= 0.3 is 0 Å². The molecular weight excluding hydrogens is 1850 g/mol. The van der Waals surface area contributed by atoms with E-state index in [0.29, 0.717) is 0 Å². The molecule has 8 heterocycles. The molecule has 0 N–H and O–H groups in total. The summed E-state index contributed by atoms with van der Waals surface area (Å²) >= 11 is 0. The molecule has 0 spiro atoms. The maximum Gasteiger partial charge on any atom is 0.0776 e. The Morgan fingerprint density at radius 1 is 0.153 bits per heavy atom. The van der Waals surface area contributed by atoms with Crippen molar-refractivity contribution in [1.29, 1.82) is 0 Å². The number of hydrogen-bond acceptors (Lipinski definition) is 4. The minimum absolute atomic E-state index is 1.11. The number of anilines is 12. The highest BCUT2D eigenvalue weighted by Gasteiger charge is 2.36. The van der Waals surface area contributed by atoms with Crippen molar-refractivity contribution in [2.24, 2.45) is 0 Å². The van der Waals surface area contributed by atoms with Crippen LogP contribution in [0.15, 0.2) is 485 Å². The second-order valence-electron chi connectivity index (χ2n) is 42.8. The Morgan fingerprint density at radius 2 is 0.373 bits per heavy atom. The van der Waals surface area contributed by atoms with Gasteiger partial charge in [0.1, 0.15) is 0 Å². The van der Waals surface area contributed by atoms with Crippen LogP contribution in [0.5, 0.6) is 0 Å². The smallest absolute Gasteiger partial charge is 0.0776 e. The van der Waals surface area contributed by atoms with E-state index in [1.165, 1.54) is 224 Å².